The summed E-state index contributed by atoms with van der Waals surface area (Å²) in [5, 5.41) is 42.3. The van der Waals surface area contributed by atoms with Crippen molar-refractivity contribution in [2.75, 3.05) is 0 Å². The number of phenolic OH excluding ortho intramolecular Hbond substituents is 4. The predicted octanol–water partition coefficient (Wildman–Crippen LogP) is 23.2. The number of aryl methyl sites for hydroxylation is 5. The molecule has 0 fully saturated rings. The van der Waals surface area contributed by atoms with E-state index in [1.165, 1.54) is 97.6 Å². The number of rotatable bonds is 19. The highest BCUT2D eigenvalue weighted by molar-refractivity contribution is 5.82. The number of hydrogen-bond donors (Lipinski definition) is 4. The minimum absolute atomic E-state index is 0.177. The number of allylic oxidation sites excluding steroid dienone is 6. The van der Waals surface area contributed by atoms with Gasteiger partial charge in [0.2, 0.25) is 0 Å². The highest BCUT2D eigenvalue weighted by atomic mass is 16.5. The van der Waals surface area contributed by atoms with Gasteiger partial charge in [-0.3, -0.25) is 0 Å². The van der Waals surface area contributed by atoms with Crippen LogP contribution in [0, 0.1) is 18.8 Å². The van der Waals surface area contributed by atoms with Gasteiger partial charge in [-0.25, -0.2) is 0 Å². The van der Waals surface area contributed by atoms with Crippen LogP contribution < -0.4 is 18.9 Å². The smallest absolute Gasteiger partial charge is 0.132 e. The molecule has 92 heavy (non-hydrogen) atoms. The fourth-order valence-electron chi connectivity index (χ4n) is 15.1. The average Bonchev–Trinajstić information content (AvgIpc) is 0.773. The molecule has 0 radical (unpaired) electrons. The van der Waals surface area contributed by atoms with Gasteiger partial charge >= 0.3 is 0 Å². The Morgan fingerprint density at radius 2 is 1.05 bits per heavy atom. The lowest BCUT2D eigenvalue weighted by Gasteiger charge is -2.47. The first-order valence-electron chi connectivity index (χ1n) is 35.7. The van der Waals surface area contributed by atoms with Crippen molar-refractivity contribution in [2.45, 2.75) is 286 Å². The Hall–Kier alpha value is -6.54. The Labute approximate surface area is 555 Å². The summed E-state index contributed by atoms with van der Waals surface area (Å²) in [6, 6.07) is 22.6. The average molecular weight is 1250 g/mol. The van der Waals surface area contributed by atoms with E-state index in [-0.39, 0.29) is 28.3 Å². The van der Waals surface area contributed by atoms with E-state index in [1.54, 1.807) is 0 Å². The molecule has 0 aromatic heterocycles. The Morgan fingerprint density at radius 1 is 0.543 bits per heavy atom. The third-order valence-electron chi connectivity index (χ3n) is 20.3. The maximum absolute atomic E-state index is 10.7. The molecule has 0 spiro atoms. The van der Waals surface area contributed by atoms with Crippen LogP contribution in [-0.2, 0) is 31.3 Å². The van der Waals surface area contributed by atoms with E-state index in [4.69, 9.17) is 18.9 Å². The largest absolute Gasteiger partial charge is 0.508 e. The van der Waals surface area contributed by atoms with Crippen LogP contribution in [0.2, 0.25) is 0 Å². The number of benzene rings is 5. The van der Waals surface area contributed by atoms with Crippen LogP contribution in [0.25, 0.3) is 17.2 Å². The van der Waals surface area contributed by atoms with E-state index in [2.05, 4.69) is 178 Å². The second kappa shape index (κ2) is 31.1. The van der Waals surface area contributed by atoms with Crippen molar-refractivity contribution in [1.29, 1.82) is 0 Å². The molecule has 5 unspecified atom stereocenters. The van der Waals surface area contributed by atoms with Crippen LogP contribution >= 0.6 is 0 Å². The van der Waals surface area contributed by atoms with E-state index >= 15 is 0 Å². The van der Waals surface area contributed by atoms with Gasteiger partial charge in [0, 0.05) is 40.4 Å². The number of hydrogen-bond acceptors (Lipinski definition) is 8. The molecule has 0 amide bonds. The fraction of sp³-hybridized carbons (Fsp3) is 0.548. The van der Waals surface area contributed by atoms with Gasteiger partial charge in [-0.05, 0) is 261 Å². The van der Waals surface area contributed by atoms with Gasteiger partial charge < -0.3 is 39.4 Å². The first-order valence-corrected chi connectivity index (χ1v) is 35.7. The molecule has 2 aliphatic carbocycles. The van der Waals surface area contributed by atoms with Crippen molar-refractivity contribution < 1.29 is 39.4 Å². The molecule has 0 saturated heterocycles. The van der Waals surface area contributed by atoms with Gasteiger partial charge in [0.25, 0.3) is 0 Å². The normalized spacial score (nSPS) is 21.0. The Kier molecular flexibility index (Phi) is 24.1. The number of ether oxygens (including phenoxy) is 4. The zero-order valence-corrected chi connectivity index (χ0v) is 59.5. The molecule has 6 aliphatic rings. The van der Waals surface area contributed by atoms with E-state index in [0.29, 0.717) is 40.8 Å². The van der Waals surface area contributed by atoms with E-state index in [0.717, 1.165) is 145 Å². The SMILES string of the molecule is CCCCCc1cc(O)c2c(c1)OC(C)(C)C1CC=C(C)CC21.CCCCCc1cc(O)c2c(c1)OC(C)(C)C1CCC(C)=CC21.CCCCCc1cc(O)c2c(c1)OC(C)(C)c1ccc(C)cc1-2.CCCCCc1cc(O)c2c(c1)OC(C)(CCC=C(C)C)C=C2. The summed E-state index contributed by atoms with van der Waals surface area (Å²) >= 11 is 0. The van der Waals surface area contributed by atoms with Gasteiger partial charge in [0.15, 0.2) is 0 Å². The van der Waals surface area contributed by atoms with E-state index < -0.39 is 0 Å². The molecule has 500 valence electrons. The van der Waals surface area contributed by atoms with E-state index in [1.807, 2.05) is 30.3 Å². The lowest BCUT2D eigenvalue weighted by atomic mass is 9.67. The summed E-state index contributed by atoms with van der Waals surface area (Å²) in [6.07, 6.45) is 35.7. The van der Waals surface area contributed by atoms with Crippen molar-refractivity contribution in [3.63, 3.8) is 0 Å². The summed E-state index contributed by atoms with van der Waals surface area (Å²) < 4.78 is 25.2. The Balaban J connectivity index is 0.000000158. The predicted molar refractivity (Wildman–Crippen MR) is 384 cm³/mol. The lowest BCUT2D eigenvalue weighted by Crippen LogP contribution is -2.45. The summed E-state index contributed by atoms with van der Waals surface area (Å²) in [5.74, 6) is 6.50. The number of aromatic hydroxyl groups is 4. The van der Waals surface area contributed by atoms with Crippen LogP contribution in [0.3, 0.4) is 0 Å². The van der Waals surface area contributed by atoms with Crippen molar-refractivity contribution in [3.05, 3.63) is 158 Å². The second-order valence-electron chi connectivity index (χ2n) is 29.9. The second-order valence-corrected chi connectivity index (χ2v) is 29.9. The van der Waals surface area contributed by atoms with Crippen LogP contribution in [0.1, 0.15) is 281 Å². The molecule has 5 atom stereocenters. The zero-order valence-electron chi connectivity index (χ0n) is 59.5. The molecule has 8 nitrogen and oxygen atoms in total. The van der Waals surface area contributed by atoms with Crippen molar-refractivity contribution in [1.82, 2.24) is 0 Å². The van der Waals surface area contributed by atoms with Crippen LogP contribution in [0.15, 0.2) is 108 Å². The summed E-state index contributed by atoms with van der Waals surface area (Å²) in [6.45, 7) is 34.7. The first kappa shape index (κ1) is 71.3. The van der Waals surface area contributed by atoms with Crippen molar-refractivity contribution >= 4 is 6.08 Å². The molecule has 0 saturated carbocycles. The molecule has 5 aromatic rings. The third kappa shape index (κ3) is 17.6. The first-order chi connectivity index (χ1) is 43.7. The number of unbranched alkanes of at least 4 members (excludes halogenated alkanes) is 8. The van der Waals surface area contributed by atoms with Crippen LogP contribution in [0.5, 0.6) is 46.0 Å². The fourth-order valence-corrected chi connectivity index (χ4v) is 15.1. The molecule has 11 rings (SSSR count). The Bertz CT molecular complexity index is 3450. The van der Waals surface area contributed by atoms with E-state index in [9.17, 15) is 20.4 Å². The van der Waals surface area contributed by atoms with Gasteiger partial charge in [0.1, 0.15) is 68.4 Å². The molecule has 4 heterocycles. The molecular formula is C84H116O8. The minimum atomic E-state index is -0.384. The van der Waals surface area contributed by atoms with Crippen molar-refractivity contribution in [2.24, 2.45) is 11.8 Å². The number of phenols is 4. The summed E-state index contributed by atoms with van der Waals surface area (Å²) in [5.41, 5.74) is 15.0. The number of fused-ring (bicyclic) bond motifs is 10. The van der Waals surface area contributed by atoms with Gasteiger partial charge in [-0.2, -0.15) is 0 Å². The van der Waals surface area contributed by atoms with Gasteiger partial charge in [-0.1, -0.05) is 138 Å². The maximum Gasteiger partial charge on any atom is 0.132 e. The molecule has 0 bridgehead atoms. The topological polar surface area (TPSA) is 118 Å². The maximum atomic E-state index is 10.7. The molecule has 8 heteroatoms. The highest BCUT2D eigenvalue weighted by Gasteiger charge is 2.47. The Morgan fingerprint density at radius 3 is 1.62 bits per heavy atom. The molecule has 5 aromatic carbocycles. The monoisotopic (exact) mass is 1250 g/mol. The lowest BCUT2D eigenvalue weighted by molar-refractivity contribution is 0.00748. The molecular weight excluding hydrogens is 1140 g/mol. The molecule has 4 N–H and O–H groups in total. The van der Waals surface area contributed by atoms with Crippen molar-refractivity contribution in [3.8, 4) is 57.1 Å². The quantitative estimate of drug-likeness (QED) is 0.0477. The van der Waals surface area contributed by atoms with Gasteiger partial charge in [0.05, 0.1) is 11.1 Å². The highest BCUT2D eigenvalue weighted by Crippen LogP contribution is 2.56. The standard InChI is InChI=1S/2C21H30O2.C21H26O2.C21H30O2/c3*1-5-6-7-8-15-12-18(22)20-16-11-14(2)9-10-17(16)21(3,4)23-19(20)13-15;1-5-6-7-10-17-14-19(22)18-11-13-21(4,23-20(18)15-17)12-8-9-16(2)3/h11-13,16-17,22H,5-10H2,1-4H3;9,12-13,16-17,22H,5-8,10-11H2,1-4H3;9-13,22H,5-8H2,1-4H3;9,11,13-15,22H,5-8,10,12H2,1-4H3. The summed E-state index contributed by atoms with van der Waals surface area (Å²) in [4.78, 5) is 0. The van der Waals surface area contributed by atoms with Crippen LogP contribution in [0.4, 0.5) is 0 Å². The minimum Gasteiger partial charge on any atom is -0.508 e. The van der Waals surface area contributed by atoms with Gasteiger partial charge in [-0.15, -0.1) is 0 Å². The third-order valence-corrected chi connectivity index (χ3v) is 20.3. The summed E-state index contributed by atoms with van der Waals surface area (Å²) in [7, 11) is 0. The van der Waals surface area contributed by atoms with Crippen LogP contribution in [-0.4, -0.2) is 37.2 Å². The molecule has 4 aliphatic heterocycles. The zero-order chi connectivity index (χ0) is 66.7.